The molecule has 142 valence electrons. The highest BCUT2D eigenvalue weighted by Gasteiger charge is 2.47. The van der Waals surface area contributed by atoms with E-state index >= 15 is 0 Å². The maximum Gasteiger partial charge on any atom is 0.472 e. The highest BCUT2D eigenvalue weighted by Crippen LogP contribution is 2.47. The van der Waals surface area contributed by atoms with Gasteiger partial charge in [-0.1, -0.05) is 0 Å². The lowest BCUT2D eigenvalue weighted by atomic mass is 10.1. The van der Waals surface area contributed by atoms with E-state index in [2.05, 4.69) is 0 Å². The highest BCUT2D eigenvalue weighted by molar-refractivity contribution is 7.47. The lowest BCUT2D eigenvalue weighted by Gasteiger charge is -2.23. The molecule has 0 aromatic heterocycles. The topological polar surface area (TPSA) is 144 Å². The molecule has 4 N–H and O–H groups in total. The summed E-state index contributed by atoms with van der Waals surface area (Å²) in [5, 5.41) is 29.0. The second-order valence-corrected chi connectivity index (χ2v) is 7.25. The van der Waals surface area contributed by atoms with Gasteiger partial charge in [-0.05, 0) is 20.8 Å². The lowest BCUT2D eigenvalue weighted by Crippen LogP contribution is -2.37. The number of phosphoric ester groups is 1. The largest absolute Gasteiger partial charge is 0.472 e. The molecular weight excluding hydrogens is 347 g/mol. The van der Waals surface area contributed by atoms with Crippen molar-refractivity contribution >= 4 is 7.82 Å². The third-order valence-corrected chi connectivity index (χ3v) is 5.02. The van der Waals surface area contributed by atoms with Crippen molar-refractivity contribution in [3.8, 4) is 0 Å². The smallest absolute Gasteiger partial charge is 0.388 e. The van der Waals surface area contributed by atoms with Gasteiger partial charge in [-0.25, -0.2) is 4.57 Å². The zero-order valence-corrected chi connectivity index (χ0v) is 14.6. The van der Waals surface area contributed by atoms with Crippen molar-refractivity contribution in [3.05, 3.63) is 0 Å². The Kier molecular flexibility index (Phi) is 6.77. The van der Waals surface area contributed by atoms with Gasteiger partial charge < -0.3 is 34.4 Å². The van der Waals surface area contributed by atoms with E-state index in [0.29, 0.717) is 6.61 Å². The van der Waals surface area contributed by atoms with Gasteiger partial charge in [0.1, 0.15) is 30.5 Å². The van der Waals surface area contributed by atoms with Gasteiger partial charge >= 0.3 is 7.82 Å². The standard InChI is InChI=1S/C13H25O10P/c1-4-19-12-8(21-6(2)9(12)14)5-20-24(17,18)23-11-7(3)22-13(16)10(11)15/h6-16H,4-5H2,1-3H3,(H,17,18). The van der Waals surface area contributed by atoms with Crippen LogP contribution in [0.25, 0.3) is 0 Å². The molecule has 2 fully saturated rings. The van der Waals surface area contributed by atoms with Crippen LogP contribution in [0.4, 0.5) is 0 Å². The molecule has 0 bridgehead atoms. The van der Waals surface area contributed by atoms with Gasteiger partial charge in [0.25, 0.3) is 0 Å². The first-order chi connectivity index (χ1) is 11.2. The average molecular weight is 372 g/mol. The fourth-order valence-corrected chi connectivity index (χ4v) is 3.77. The average Bonchev–Trinajstić information content (AvgIpc) is 2.90. The minimum atomic E-state index is -4.55. The fourth-order valence-electron chi connectivity index (χ4n) is 2.77. The van der Waals surface area contributed by atoms with Crippen LogP contribution in [0.3, 0.4) is 0 Å². The van der Waals surface area contributed by atoms with Crippen LogP contribution in [0, 0.1) is 0 Å². The molecule has 2 rings (SSSR count). The van der Waals surface area contributed by atoms with E-state index in [1.165, 1.54) is 6.92 Å². The number of hydrogen-bond donors (Lipinski definition) is 4. The van der Waals surface area contributed by atoms with Crippen LogP contribution in [0.2, 0.25) is 0 Å². The van der Waals surface area contributed by atoms with Crippen molar-refractivity contribution in [1.29, 1.82) is 0 Å². The van der Waals surface area contributed by atoms with Crippen molar-refractivity contribution in [1.82, 2.24) is 0 Å². The molecule has 2 aliphatic heterocycles. The number of ether oxygens (including phenoxy) is 3. The predicted molar refractivity (Wildman–Crippen MR) is 79.0 cm³/mol. The van der Waals surface area contributed by atoms with Crippen LogP contribution < -0.4 is 0 Å². The number of phosphoric acid groups is 1. The van der Waals surface area contributed by atoms with E-state index in [0.717, 1.165) is 0 Å². The first-order valence-corrected chi connectivity index (χ1v) is 9.28. The second kappa shape index (κ2) is 8.05. The van der Waals surface area contributed by atoms with Crippen LogP contribution in [0.5, 0.6) is 0 Å². The Labute approximate surface area is 139 Å². The van der Waals surface area contributed by atoms with Gasteiger partial charge in [0.05, 0.1) is 18.8 Å². The fraction of sp³-hybridized carbons (Fsp3) is 1.00. The minimum Gasteiger partial charge on any atom is -0.388 e. The number of hydrogen-bond acceptors (Lipinski definition) is 9. The Bertz CT molecular complexity index is 462. The molecule has 2 aliphatic rings. The molecule has 0 aromatic carbocycles. The number of aliphatic hydroxyl groups is 3. The third kappa shape index (κ3) is 4.53. The van der Waals surface area contributed by atoms with E-state index in [1.54, 1.807) is 13.8 Å². The Morgan fingerprint density at radius 3 is 2.25 bits per heavy atom. The number of rotatable bonds is 7. The van der Waals surface area contributed by atoms with Gasteiger partial charge in [-0.15, -0.1) is 0 Å². The van der Waals surface area contributed by atoms with E-state index in [-0.39, 0.29) is 6.61 Å². The van der Waals surface area contributed by atoms with Crippen molar-refractivity contribution < 1.29 is 48.0 Å². The summed E-state index contributed by atoms with van der Waals surface area (Å²) in [6.07, 6.45) is -7.79. The quantitative estimate of drug-likeness (QED) is 0.417. The molecule has 24 heavy (non-hydrogen) atoms. The Morgan fingerprint density at radius 2 is 1.71 bits per heavy atom. The van der Waals surface area contributed by atoms with E-state index in [4.69, 9.17) is 23.3 Å². The maximum atomic E-state index is 12.1. The normalized spacial score (nSPS) is 45.5. The van der Waals surface area contributed by atoms with Crippen molar-refractivity contribution in [2.45, 2.75) is 69.8 Å². The van der Waals surface area contributed by atoms with Crippen LogP contribution in [0.1, 0.15) is 20.8 Å². The van der Waals surface area contributed by atoms with Crippen molar-refractivity contribution in [3.63, 3.8) is 0 Å². The van der Waals surface area contributed by atoms with Gasteiger partial charge in [0.15, 0.2) is 6.29 Å². The minimum absolute atomic E-state index is 0.336. The summed E-state index contributed by atoms with van der Waals surface area (Å²) in [5.74, 6) is 0. The van der Waals surface area contributed by atoms with Gasteiger partial charge in [-0.3, -0.25) is 9.05 Å². The van der Waals surface area contributed by atoms with E-state index in [9.17, 15) is 24.8 Å². The lowest BCUT2D eigenvalue weighted by molar-refractivity contribution is -0.124. The molecular formula is C13H25O10P. The Balaban J connectivity index is 1.91. The summed E-state index contributed by atoms with van der Waals surface area (Å²) in [5.41, 5.74) is 0. The maximum absolute atomic E-state index is 12.1. The van der Waals surface area contributed by atoms with Gasteiger partial charge in [-0.2, -0.15) is 0 Å². The molecule has 0 aromatic rings. The zero-order chi connectivity index (χ0) is 18.1. The zero-order valence-electron chi connectivity index (χ0n) is 13.7. The van der Waals surface area contributed by atoms with Gasteiger partial charge in [0, 0.05) is 6.61 Å². The summed E-state index contributed by atoms with van der Waals surface area (Å²) in [6.45, 7) is 4.87. The molecule has 0 amide bonds. The summed E-state index contributed by atoms with van der Waals surface area (Å²) >= 11 is 0. The molecule has 9 unspecified atom stereocenters. The Morgan fingerprint density at radius 1 is 1.04 bits per heavy atom. The van der Waals surface area contributed by atoms with Crippen LogP contribution in [-0.4, -0.2) is 82.4 Å². The van der Waals surface area contributed by atoms with Crippen molar-refractivity contribution in [2.75, 3.05) is 13.2 Å². The predicted octanol–water partition coefficient (Wildman–Crippen LogP) is -0.860. The molecule has 11 heteroatoms. The second-order valence-electron chi connectivity index (χ2n) is 5.85. The molecule has 2 saturated heterocycles. The van der Waals surface area contributed by atoms with Crippen LogP contribution in [-0.2, 0) is 27.8 Å². The molecule has 0 aliphatic carbocycles. The number of aliphatic hydroxyl groups excluding tert-OH is 3. The van der Waals surface area contributed by atoms with E-state index < -0.39 is 56.8 Å². The van der Waals surface area contributed by atoms with Crippen LogP contribution in [0.15, 0.2) is 0 Å². The molecule has 2 heterocycles. The third-order valence-electron chi connectivity index (χ3n) is 4.03. The summed E-state index contributed by atoms with van der Waals surface area (Å²) in [6, 6.07) is 0. The molecule has 0 spiro atoms. The Hall–Kier alpha value is -0.130. The first kappa shape index (κ1) is 20.2. The molecule has 0 radical (unpaired) electrons. The summed E-state index contributed by atoms with van der Waals surface area (Å²) < 4.78 is 37.6. The van der Waals surface area contributed by atoms with Crippen molar-refractivity contribution in [2.24, 2.45) is 0 Å². The van der Waals surface area contributed by atoms with E-state index in [1.807, 2.05) is 0 Å². The molecule has 0 saturated carbocycles. The SMILES string of the molecule is CCOC1C(COP(=O)(O)OC2C(C)OC(O)C2O)OC(C)C1O. The first-order valence-electron chi connectivity index (χ1n) is 7.78. The van der Waals surface area contributed by atoms with Crippen LogP contribution >= 0.6 is 7.82 Å². The summed E-state index contributed by atoms with van der Waals surface area (Å²) in [4.78, 5) is 9.81. The molecule has 9 atom stereocenters. The summed E-state index contributed by atoms with van der Waals surface area (Å²) in [7, 11) is -4.55. The van der Waals surface area contributed by atoms with Gasteiger partial charge in [0.2, 0.25) is 0 Å². The monoisotopic (exact) mass is 372 g/mol. The highest BCUT2D eigenvalue weighted by atomic mass is 31.2. The molecule has 10 nitrogen and oxygen atoms in total.